The molecule has 0 unspecified atom stereocenters. The minimum absolute atomic E-state index is 0.0552. The molecule has 0 fully saturated rings. The lowest BCUT2D eigenvalue weighted by Gasteiger charge is -2.18. The van der Waals surface area contributed by atoms with E-state index < -0.39 is 11.9 Å². The fourth-order valence-electron chi connectivity index (χ4n) is 4.72. The average molecular weight is 561 g/mol. The van der Waals surface area contributed by atoms with Crippen molar-refractivity contribution in [2.45, 2.75) is 13.2 Å². The second-order valence-electron chi connectivity index (χ2n) is 9.47. The molecule has 0 aliphatic rings. The van der Waals surface area contributed by atoms with Gasteiger partial charge in [-0.15, -0.1) is 0 Å². The summed E-state index contributed by atoms with van der Waals surface area (Å²) in [6.45, 7) is 0.109. The van der Waals surface area contributed by atoms with E-state index in [1.165, 1.54) is 19.2 Å². The molecule has 0 aliphatic carbocycles. The summed E-state index contributed by atoms with van der Waals surface area (Å²) in [5, 5.41) is 22.4. The van der Waals surface area contributed by atoms with Gasteiger partial charge in [-0.25, -0.2) is 9.59 Å². The maximum Gasteiger partial charge on any atom is 0.340 e. The van der Waals surface area contributed by atoms with Crippen molar-refractivity contribution in [3.63, 3.8) is 0 Å². The molecule has 5 aromatic rings. The molecule has 0 atom stereocenters. The van der Waals surface area contributed by atoms with Crippen molar-refractivity contribution in [3.8, 4) is 17.2 Å². The Morgan fingerprint density at radius 2 is 1.38 bits per heavy atom. The Bertz CT molecular complexity index is 1770. The van der Waals surface area contributed by atoms with E-state index in [2.05, 4.69) is 0 Å². The molecule has 210 valence electrons. The summed E-state index contributed by atoms with van der Waals surface area (Å²) < 4.78 is 17.4. The maximum atomic E-state index is 12.4. The van der Waals surface area contributed by atoms with Crippen LogP contribution in [0.25, 0.3) is 22.9 Å². The Morgan fingerprint density at radius 1 is 0.667 bits per heavy atom. The lowest BCUT2D eigenvalue weighted by atomic mass is 10.0. The van der Waals surface area contributed by atoms with Gasteiger partial charge in [0.05, 0.1) is 20.3 Å². The van der Waals surface area contributed by atoms with Crippen molar-refractivity contribution < 1.29 is 34.0 Å². The molecule has 7 nitrogen and oxygen atoms in total. The van der Waals surface area contributed by atoms with Gasteiger partial charge in [0, 0.05) is 5.56 Å². The predicted octanol–water partition coefficient (Wildman–Crippen LogP) is 7.92. The second-order valence-corrected chi connectivity index (χ2v) is 9.47. The first-order chi connectivity index (χ1) is 20.4. The zero-order chi connectivity index (χ0) is 29.5. The van der Waals surface area contributed by atoms with Crippen molar-refractivity contribution in [2.75, 3.05) is 7.11 Å². The normalized spacial score (nSPS) is 11.1. The van der Waals surface area contributed by atoms with Gasteiger partial charge in [-0.05, 0) is 51.7 Å². The molecule has 0 saturated carbocycles. The van der Waals surface area contributed by atoms with Gasteiger partial charge < -0.3 is 24.4 Å². The summed E-state index contributed by atoms with van der Waals surface area (Å²) >= 11 is 0. The number of hydrogen-bond donors (Lipinski definition) is 2. The third-order valence-electron chi connectivity index (χ3n) is 6.74. The van der Waals surface area contributed by atoms with Crippen LogP contribution >= 0.6 is 0 Å². The summed E-state index contributed by atoms with van der Waals surface area (Å²) in [5.74, 6) is -2.05. The van der Waals surface area contributed by atoms with Crippen molar-refractivity contribution in [1.82, 2.24) is 0 Å². The lowest BCUT2D eigenvalue weighted by Crippen LogP contribution is -2.10. The molecule has 0 aliphatic heterocycles. The molecule has 42 heavy (non-hydrogen) atoms. The number of fused-ring (bicyclic) bond motifs is 1. The van der Waals surface area contributed by atoms with Crippen LogP contribution in [0.5, 0.6) is 17.2 Å². The third kappa shape index (κ3) is 6.32. The van der Waals surface area contributed by atoms with Gasteiger partial charge >= 0.3 is 11.9 Å². The van der Waals surface area contributed by atoms with Crippen LogP contribution in [0.4, 0.5) is 0 Å². The van der Waals surface area contributed by atoms with E-state index in [1.807, 2.05) is 78.9 Å². The van der Waals surface area contributed by atoms with Crippen LogP contribution < -0.4 is 9.47 Å². The molecular weight excluding hydrogens is 532 g/mol. The Hall–Kier alpha value is -5.40. The summed E-state index contributed by atoms with van der Waals surface area (Å²) in [5.41, 5.74) is 2.31. The molecular formula is C35H28O7. The Morgan fingerprint density at radius 3 is 2.12 bits per heavy atom. The molecule has 0 saturated heterocycles. The first kappa shape index (κ1) is 28.1. The van der Waals surface area contributed by atoms with E-state index in [1.54, 1.807) is 24.3 Å². The predicted molar refractivity (Wildman–Crippen MR) is 161 cm³/mol. The zero-order valence-electron chi connectivity index (χ0n) is 22.8. The molecule has 0 aromatic heterocycles. The number of hydrogen-bond acceptors (Lipinski definition) is 5. The van der Waals surface area contributed by atoms with Gasteiger partial charge in [0.15, 0.2) is 0 Å². The smallest absolute Gasteiger partial charge is 0.340 e. The summed E-state index contributed by atoms with van der Waals surface area (Å²) in [6.07, 6.45) is 3.52. The van der Waals surface area contributed by atoms with E-state index in [0.29, 0.717) is 5.56 Å². The summed E-state index contributed by atoms with van der Waals surface area (Å²) in [6, 6.07) is 31.4. The highest BCUT2D eigenvalue weighted by atomic mass is 16.5. The number of carboxylic acids is 2. The quantitative estimate of drug-likeness (QED) is 0.158. The van der Waals surface area contributed by atoms with E-state index in [0.717, 1.165) is 21.9 Å². The molecule has 0 radical (unpaired) electrons. The number of carboxylic acid groups (broad SMARTS) is 2. The van der Waals surface area contributed by atoms with Crippen LogP contribution in [0.1, 0.15) is 43.0 Å². The summed E-state index contributed by atoms with van der Waals surface area (Å²) in [7, 11) is 1.38. The maximum absolute atomic E-state index is 12.4. The van der Waals surface area contributed by atoms with Gasteiger partial charge in [0.25, 0.3) is 0 Å². The number of aromatic carboxylic acids is 2. The monoisotopic (exact) mass is 560 g/mol. The van der Waals surface area contributed by atoms with Crippen LogP contribution in [0.2, 0.25) is 0 Å². The van der Waals surface area contributed by atoms with Gasteiger partial charge in [-0.1, -0.05) is 91.0 Å². The molecule has 0 spiro atoms. The van der Waals surface area contributed by atoms with Crippen molar-refractivity contribution in [1.29, 1.82) is 0 Å². The number of rotatable bonds is 11. The second kappa shape index (κ2) is 12.8. The van der Waals surface area contributed by atoms with Crippen LogP contribution in [-0.4, -0.2) is 29.3 Å². The third-order valence-corrected chi connectivity index (χ3v) is 6.74. The number of ether oxygens (including phenoxy) is 3. The van der Waals surface area contributed by atoms with Gasteiger partial charge in [-0.2, -0.15) is 0 Å². The largest absolute Gasteiger partial charge is 0.496 e. The first-order valence-corrected chi connectivity index (χ1v) is 13.2. The minimum Gasteiger partial charge on any atom is -0.496 e. The molecule has 5 aromatic carbocycles. The fourth-order valence-corrected chi connectivity index (χ4v) is 4.72. The van der Waals surface area contributed by atoms with E-state index >= 15 is 0 Å². The highest BCUT2D eigenvalue weighted by Crippen LogP contribution is 2.36. The van der Waals surface area contributed by atoms with Crippen molar-refractivity contribution in [3.05, 3.63) is 137 Å². The SMILES string of the molecule is COc1ccc(Oc2cccc(/C=C/c3ccccc3)c2C(=O)O)c(COCc2ccc3ccccc3c2)c1C(=O)O. The van der Waals surface area contributed by atoms with E-state index in [4.69, 9.17) is 14.2 Å². The standard InChI is InChI=1S/C35H28O7/c1-40-30-19-18-29(42-31-13-7-12-26(32(31)34(36)37)17-14-23-8-3-2-4-9-23)28(33(30)35(38)39)22-41-21-24-15-16-25-10-5-6-11-27(25)20-24/h2-20H,21-22H2,1H3,(H,36,37)(H,38,39)/b17-14+. The Kier molecular flexibility index (Phi) is 8.61. The number of methoxy groups -OCH3 is 1. The molecule has 0 heterocycles. The zero-order valence-corrected chi connectivity index (χ0v) is 22.8. The summed E-state index contributed by atoms with van der Waals surface area (Å²) in [4.78, 5) is 24.7. The van der Waals surface area contributed by atoms with Crippen LogP contribution in [0, 0.1) is 0 Å². The van der Waals surface area contributed by atoms with Crippen LogP contribution in [0.15, 0.2) is 103 Å². The molecule has 7 heteroatoms. The van der Waals surface area contributed by atoms with Crippen LogP contribution in [-0.2, 0) is 18.0 Å². The topological polar surface area (TPSA) is 102 Å². The van der Waals surface area contributed by atoms with E-state index in [9.17, 15) is 19.8 Å². The number of benzene rings is 5. The minimum atomic E-state index is -1.22. The van der Waals surface area contributed by atoms with Crippen molar-refractivity contribution in [2.24, 2.45) is 0 Å². The highest BCUT2D eigenvalue weighted by molar-refractivity contribution is 5.97. The highest BCUT2D eigenvalue weighted by Gasteiger charge is 2.24. The van der Waals surface area contributed by atoms with Gasteiger partial charge in [0.2, 0.25) is 0 Å². The Balaban J connectivity index is 1.47. The molecule has 0 bridgehead atoms. The fraction of sp³-hybridized carbons (Fsp3) is 0.0857. The van der Waals surface area contributed by atoms with Gasteiger partial charge in [-0.3, -0.25) is 0 Å². The first-order valence-electron chi connectivity index (χ1n) is 13.2. The van der Waals surface area contributed by atoms with Gasteiger partial charge in [0.1, 0.15) is 28.4 Å². The lowest BCUT2D eigenvalue weighted by molar-refractivity contribution is 0.0670. The number of carbonyl (C=O) groups is 2. The van der Waals surface area contributed by atoms with Crippen molar-refractivity contribution >= 4 is 34.9 Å². The molecule has 0 amide bonds. The van der Waals surface area contributed by atoms with E-state index in [-0.39, 0.29) is 47.2 Å². The van der Waals surface area contributed by atoms with Crippen LogP contribution in [0.3, 0.4) is 0 Å². The molecule has 5 rings (SSSR count). The average Bonchev–Trinajstić information content (AvgIpc) is 3.00. The Labute approximate surface area is 242 Å². The molecule has 2 N–H and O–H groups in total.